The van der Waals surface area contributed by atoms with Crippen molar-refractivity contribution in [3.8, 4) is 5.75 Å². The zero-order chi connectivity index (χ0) is 26.5. The highest BCUT2D eigenvalue weighted by Gasteiger charge is 2.36. The molecule has 1 saturated heterocycles. The fourth-order valence-corrected chi connectivity index (χ4v) is 4.70. The summed E-state index contributed by atoms with van der Waals surface area (Å²) in [6, 6.07) is 18.7. The van der Waals surface area contributed by atoms with E-state index in [1.165, 1.54) is 34.9 Å². The Morgan fingerprint density at radius 1 is 1.13 bits per heavy atom. The highest BCUT2D eigenvalue weighted by atomic mass is 19.1. The molecule has 1 aliphatic rings. The summed E-state index contributed by atoms with van der Waals surface area (Å²) in [7, 11) is 1.47. The van der Waals surface area contributed by atoms with Gasteiger partial charge in [-0.25, -0.2) is 9.07 Å². The van der Waals surface area contributed by atoms with E-state index in [0.29, 0.717) is 29.1 Å². The Labute approximate surface area is 219 Å². The number of hydrogen-bond acceptors (Lipinski definition) is 6. The Morgan fingerprint density at radius 3 is 2.68 bits per heavy atom. The molecular weight excluding hydrogens is 489 g/mol. The second-order valence-corrected chi connectivity index (χ2v) is 8.98. The lowest BCUT2D eigenvalue weighted by molar-refractivity contribution is -0.127. The summed E-state index contributed by atoms with van der Waals surface area (Å²) in [5.74, 6) is -1.28. The topological polar surface area (TPSA) is 98.6 Å². The molecule has 196 valence electrons. The standard InChI is InChI=1S/C28H28FN5O4/c1-37-25-15-7-6-14-24(25)34(26(35)18-33-23-13-5-4-12-22(23)31-32-33)27(20-10-2-3-11-21(20)29)28(36)30-17-19-9-8-16-38-19/h2-7,10-15,19,27H,8-9,16-18H2,1H3,(H,30,36)/t19-,27-/m1/s1. The molecule has 0 unspecified atom stereocenters. The zero-order valence-corrected chi connectivity index (χ0v) is 20.9. The molecule has 0 spiro atoms. The maximum atomic E-state index is 15.2. The van der Waals surface area contributed by atoms with Crippen molar-refractivity contribution in [2.24, 2.45) is 0 Å². The van der Waals surface area contributed by atoms with Gasteiger partial charge in [0.25, 0.3) is 0 Å². The summed E-state index contributed by atoms with van der Waals surface area (Å²) in [6.07, 6.45) is 1.60. The third-order valence-corrected chi connectivity index (χ3v) is 6.55. The molecule has 0 radical (unpaired) electrons. The van der Waals surface area contributed by atoms with E-state index in [1.807, 2.05) is 12.1 Å². The molecule has 1 aliphatic heterocycles. The number of nitrogens with one attached hydrogen (secondary N) is 1. The van der Waals surface area contributed by atoms with Crippen LogP contribution in [0.15, 0.2) is 72.8 Å². The van der Waals surface area contributed by atoms with Crippen LogP contribution in [0, 0.1) is 5.82 Å². The van der Waals surface area contributed by atoms with Crippen molar-refractivity contribution in [2.45, 2.75) is 31.5 Å². The van der Waals surface area contributed by atoms with Crippen LogP contribution in [0.3, 0.4) is 0 Å². The zero-order valence-electron chi connectivity index (χ0n) is 20.9. The van der Waals surface area contributed by atoms with Crippen LogP contribution < -0.4 is 15.0 Å². The minimum absolute atomic E-state index is 0.0556. The van der Waals surface area contributed by atoms with Gasteiger partial charge in [-0.15, -0.1) is 5.10 Å². The molecular formula is C28H28FN5O4. The van der Waals surface area contributed by atoms with Crippen LogP contribution in [0.2, 0.25) is 0 Å². The van der Waals surface area contributed by atoms with Crippen molar-refractivity contribution in [3.05, 3.63) is 84.2 Å². The SMILES string of the molecule is COc1ccccc1N(C(=O)Cn1nnc2ccccc21)[C@@H](C(=O)NC[C@H]1CCCO1)c1ccccc1F. The summed E-state index contributed by atoms with van der Waals surface area (Å²) in [6.45, 7) is 0.656. The first-order valence-corrected chi connectivity index (χ1v) is 12.4. The van der Waals surface area contributed by atoms with Crippen LogP contribution in [-0.4, -0.2) is 53.2 Å². The Hall–Kier alpha value is -4.31. The predicted octanol–water partition coefficient (Wildman–Crippen LogP) is 3.65. The van der Waals surface area contributed by atoms with Crippen LogP contribution in [0.25, 0.3) is 11.0 Å². The molecule has 5 rings (SSSR count). The smallest absolute Gasteiger partial charge is 0.249 e. The number of fused-ring (bicyclic) bond motifs is 1. The highest BCUT2D eigenvalue weighted by Crippen LogP contribution is 2.36. The van der Waals surface area contributed by atoms with Crippen molar-refractivity contribution >= 4 is 28.5 Å². The number of benzene rings is 3. The van der Waals surface area contributed by atoms with Crippen molar-refractivity contribution in [2.75, 3.05) is 25.2 Å². The minimum Gasteiger partial charge on any atom is -0.495 e. The fraction of sp³-hybridized carbons (Fsp3) is 0.286. The summed E-state index contributed by atoms with van der Waals surface area (Å²) >= 11 is 0. The van der Waals surface area contributed by atoms with Gasteiger partial charge < -0.3 is 14.8 Å². The number of ether oxygens (including phenoxy) is 2. The van der Waals surface area contributed by atoms with Crippen molar-refractivity contribution < 1.29 is 23.5 Å². The molecule has 2 atom stereocenters. The second kappa shape index (κ2) is 11.4. The molecule has 0 aliphatic carbocycles. The molecule has 9 nitrogen and oxygen atoms in total. The predicted molar refractivity (Wildman–Crippen MR) is 139 cm³/mol. The fourth-order valence-electron chi connectivity index (χ4n) is 4.70. The molecule has 2 heterocycles. The van der Waals surface area contributed by atoms with E-state index in [2.05, 4.69) is 15.6 Å². The number of carbonyl (C=O) groups is 2. The number of carbonyl (C=O) groups excluding carboxylic acids is 2. The quantitative estimate of drug-likeness (QED) is 0.364. The van der Waals surface area contributed by atoms with Gasteiger partial charge in [0.1, 0.15) is 29.7 Å². The van der Waals surface area contributed by atoms with Gasteiger partial charge in [0.2, 0.25) is 11.8 Å². The Balaban J connectivity index is 1.58. The molecule has 0 bridgehead atoms. The number of hydrogen-bond donors (Lipinski definition) is 1. The van der Waals surface area contributed by atoms with E-state index >= 15 is 4.39 Å². The third-order valence-electron chi connectivity index (χ3n) is 6.55. The van der Waals surface area contributed by atoms with Gasteiger partial charge in [0.05, 0.1) is 24.4 Å². The second-order valence-electron chi connectivity index (χ2n) is 8.98. The van der Waals surface area contributed by atoms with Gasteiger partial charge in [0.15, 0.2) is 0 Å². The maximum absolute atomic E-state index is 15.2. The van der Waals surface area contributed by atoms with E-state index in [9.17, 15) is 9.59 Å². The number of methoxy groups -OCH3 is 1. The first-order chi connectivity index (χ1) is 18.6. The normalized spacial score (nSPS) is 15.8. The van der Waals surface area contributed by atoms with Crippen LogP contribution in [-0.2, 0) is 20.9 Å². The first kappa shape index (κ1) is 25.3. The van der Waals surface area contributed by atoms with E-state index in [0.717, 1.165) is 12.8 Å². The Bertz CT molecular complexity index is 1440. The molecule has 1 fully saturated rings. The molecule has 2 amide bonds. The number of anilines is 1. The highest BCUT2D eigenvalue weighted by molar-refractivity contribution is 6.02. The molecule has 0 saturated carbocycles. The van der Waals surface area contributed by atoms with Crippen molar-refractivity contribution in [1.29, 1.82) is 0 Å². The van der Waals surface area contributed by atoms with Crippen molar-refractivity contribution in [3.63, 3.8) is 0 Å². The van der Waals surface area contributed by atoms with Gasteiger partial charge in [-0.05, 0) is 43.2 Å². The van der Waals surface area contributed by atoms with E-state index in [1.54, 1.807) is 42.5 Å². The molecule has 10 heteroatoms. The summed E-state index contributed by atoms with van der Waals surface area (Å²) in [4.78, 5) is 29.1. The van der Waals surface area contributed by atoms with Crippen LogP contribution in [0.5, 0.6) is 5.75 Å². The maximum Gasteiger partial charge on any atom is 0.249 e. The molecule has 1 aromatic heterocycles. The largest absolute Gasteiger partial charge is 0.495 e. The van der Waals surface area contributed by atoms with Gasteiger partial charge >= 0.3 is 0 Å². The number of halogens is 1. The van der Waals surface area contributed by atoms with Gasteiger partial charge in [-0.2, -0.15) is 0 Å². The number of para-hydroxylation sites is 3. The van der Waals surface area contributed by atoms with Gasteiger partial charge in [-0.1, -0.05) is 47.7 Å². The third kappa shape index (κ3) is 5.21. The average molecular weight is 518 g/mol. The molecule has 38 heavy (non-hydrogen) atoms. The van der Waals surface area contributed by atoms with E-state index in [-0.39, 0.29) is 24.8 Å². The lowest BCUT2D eigenvalue weighted by atomic mass is 10.0. The van der Waals surface area contributed by atoms with Crippen LogP contribution in [0.1, 0.15) is 24.4 Å². The monoisotopic (exact) mass is 517 g/mol. The first-order valence-electron chi connectivity index (χ1n) is 12.4. The summed E-state index contributed by atoms with van der Waals surface area (Å²) in [5, 5.41) is 11.1. The molecule has 1 N–H and O–H groups in total. The Morgan fingerprint density at radius 2 is 1.89 bits per heavy atom. The molecule has 4 aromatic rings. The van der Waals surface area contributed by atoms with Crippen molar-refractivity contribution in [1.82, 2.24) is 20.3 Å². The summed E-state index contributed by atoms with van der Waals surface area (Å²) in [5.41, 5.74) is 1.67. The van der Waals surface area contributed by atoms with Gasteiger partial charge in [0, 0.05) is 18.7 Å². The van der Waals surface area contributed by atoms with E-state index in [4.69, 9.17) is 9.47 Å². The van der Waals surface area contributed by atoms with Crippen LogP contribution >= 0.6 is 0 Å². The lowest BCUT2D eigenvalue weighted by Gasteiger charge is -2.32. The Kier molecular flexibility index (Phi) is 7.60. The lowest BCUT2D eigenvalue weighted by Crippen LogP contribution is -2.47. The number of aromatic nitrogens is 3. The average Bonchev–Trinajstić information content (AvgIpc) is 3.61. The van der Waals surface area contributed by atoms with Crippen LogP contribution in [0.4, 0.5) is 10.1 Å². The summed E-state index contributed by atoms with van der Waals surface area (Å²) < 4.78 is 27.9. The number of rotatable bonds is 9. The van der Waals surface area contributed by atoms with Gasteiger partial charge in [-0.3, -0.25) is 14.5 Å². The minimum atomic E-state index is -1.32. The van der Waals surface area contributed by atoms with E-state index < -0.39 is 23.7 Å². The number of amides is 2. The number of nitrogens with zero attached hydrogens (tertiary/aromatic N) is 4. The molecule has 3 aromatic carbocycles.